The lowest BCUT2D eigenvalue weighted by molar-refractivity contribution is -0.118. The number of nitrogens with zero attached hydrogens (tertiary/aromatic N) is 2. The van der Waals surface area contributed by atoms with Crippen molar-refractivity contribution < 1.29 is 9.90 Å². The summed E-state index contributed by atoms with van der Waals surface area (Å²) in [6, 6.07) is 1.83. The molecular formula is C10H17N3O2. The molecule has 1 rings (SSSR count). The molecule has 0 aliphatic heterocycles. The summed E-state index contributed by atoms with van der Waals surface area (Å²) in [5, 5.41) is 13.8. The third-order valence-corrected chi connectivity index (χ3v) is 1.87. The smallest absolute Gasteiger partial charge is 0.217 e. The molecule has 5 heteroatoms. The Bertz CT molecular complexity index is 339. The van der Waals surface area contributed by atoms with Crippen LogP contribution in [0.2, 0.25) is 0 Å². The van der Waals surface area contributed by atoms with Crippen LogP contribution in [-0.2, 0) is 17.8 Å². The summed E-state index contributed by atoms with van der Waals surface area (Å²) < 4.78 is 1.66. The number of nitrogens with two attached hydrogens (primary N) is 1. The van der Waals surface area contributed by atoms with E-state index in [9.17, 15) is 9.90 Å². The minimum absolute atomic E-state index is 0.305. The highest BCUT2D eigenvalue weighted by Crippen LogP contribution is 2.06. The van der Waals surface area contributed by atoms with Gasteiger partial charge in [-0.25, -0.2) is 0 Å². The number of aryl methyl sites for hydroxylation is 1. The van der Waals surface area contributed by atoms with Crippen LogP contribution in [0.1, 0.15) is 26.0 Å². The molecule has 15 heavy (non-hydrogen) atoms. The van der Waals surface area contributed by atoms with Gasteiger partial charge in [0.1, 0.15) is 0 Å². The molecule has 3 N–H and O–H groups in total. The van der Waals surface area contributed by atoms with Crippen molar-refractivity contribution in [2.24, 2.45) is 5.73 Å². The molecule has 0 bridgehead atoms. The van der Waals surface area contributed by atoms with Crippen LogP contribution in [0.5, 0.6) is 0 Å². The average Bonchev–Trinajstić information content (AvgIpc) is 2.45. The molecule has 0 fully saturated rings. The zero-order chi connectivity index (χ0) is 11.5. The Balaban J connectivity index is 2.53. The van der Waals surface area contributed by atoms with Crippen molar-refractivity contribution in [2.75, 3.05) is 0 Å². The van der Waals surface area contributed by atoms with Gasteiger partial charge in [-0.1, -0.05) is 0 Å². The number of aliphatic hydroxyl groups is 1. The van der Waals surface area contributed by atoms with Crippen molar-refractivity contribution in [2.45, 2.75) is 38.8 Å². The van der Waals surface area contributed by atoms with E-state index in [2.05, 4.69) is 5.10 Å². The summed E-state index contributed by atoms with van der Waals surface area (Å²) in [4.78, 5) is 10.6. The lowest BCUT2D eigenvalue weighted by Crippen LogP contribution is -2.26. The summed E-state index contributed by atoms with van der Waals surface area (Å²) in [5.41, 5.74) is 5.07. The average molecular weight is 211 g/mol. The Morgan fingerprint density at radius 3 is 2.87 bits per heavy atom. The largest absolute Gasteiger partial charge is 0.389 e. The molecule has 1 amide bonds. The van der Waals surface area contributed by atoms with Crippen LogP contribution in [0.4, 0.5) is 0 Å². The lowest BCUT2D eigenvalue weighted by atomic mass is 10.1. The van der Waals surface area contributed by atoms with E-state index in [0.29, 0.717) is 19.4 Å². The number of amides is 1. The van der Waals surface area contributed by atoms with Gasteiger partial charge in [0.25, 0.3) is 0 Å². The highest BCUT2D eigenvalue weighted by molar-refractivity contribution is 5.73. The normalized spacial score (nSPS) is 11.7. The van der Waals surface area contributed by atoms with Crippen LogP contribution >= 0.6 is 0 Å². The van der Waals surface area contributed by atoms with Gasteiger partial charge in [-0.2, -0.15) is 5.10 Å². The minimum atomic E-state index is -0.785. The quantitative estimate of drug-likeness (QED) is 0.723. The second kappa shape index (κ2) is 4.44. The van der Waals surface area contributed by atoms with E-state index in [4.69, 9.17) is 5.73 Å². The molecule has 0 atom stereocenters. The summed E-state index contributed by atoms with van der Waals surface area (Å²) in [6.07, 6.45) is 2.64. The number of primary amides is 1. The summed E-state index contributed by atoms with van der Waals surface area (Å²) in [5.74, 6) is -0.327. The minimum Gasteiger partial charge on any atom is -0.389 e. The van der Waals surface area contributed by atoms with Crippen LogP contribution < -0.4 is 5.73 Å². The maximum atomic E-state index is 10.6. The van der Waals surface area contributed by atoms with Crippen LogP contribution in [-0.4, -0.2) is 26.4 Å². The maximum Gasteiger partial charge on any atom is 0.217 e. The monoisotopic (exact) mass is 211 g/mol. The van der Waals surface area contributed by atoms with Gasteiger partial charge >= 0.3 is 0 Å². The van der Waals surface area contributed by atoms with Gasteiger partial charge in [-0.05, 0) is 19.9 Å². The lowest BCUT2D eigenvalue weighted by Gasteiger charge is -2.16. The molecule has 0 unspecified atom stereocenters. The van der Waals surface area contributed by atoms with E-state index in [-0.39, 0.29) is 5.91 Å². The third-order valence-electron chi connectivity index (χ3n) is 1.87. The van der Waals surface area contributed by atoms with Crippen molar-refractivity contribution in [1.29, 1.82) is 0 Å². The van der Waals surface area contributed by atoms with E-state index in [0.717, 1.165) is 5.69 Å². The first-order valence-corrected chi connectivity index (χ1v) is 4.90. The fraction of sp³-hybridized carbons (Fsp3) is 0.600. The van der Waals surface area contributed by atoms with Crippen molar-refractivity contribution in [1.82, 2.24) is 9.78 Å². The van der Waals surface area contributed by atoms with Gasteiger partial charge in [-0.15, -0.1) is 0 Å². The van der Waals surface area contributed by atoms with Gasteiger partial charge in [-0.3, -0.25) is 9.48 Å². The molecule has 0 spiro atoms. The topological polar surface area (TPSA) is 81.1 Å². The number of hydrogen-bond acceptors (Lipinski definition) is 3. The summed E-state index contributed by atoms with van der Waals surface area (Å²) in [7, 11) is 0. The van der Waals surface area contributed by atoms with Gasteiger partial charge in [0.2, 0.25) is 5.91 Å². The number of rotatable bonds is 5. The van der Waals surface area contributed by atoms with Crippen LogP contribution in [0, 0.1) is 0 Å². The van der Waals surface area contributed by atoms with E-state index >= 15 is 0 Å². The SMILES string of the molecule is CC(C)(O)Cn1ccc(CCC(N)=O)n1. The Morgan fingerprint density at radius 2 is 2.33 bits per heavy atom. The zero-order valence-electron chi connectivity index (χ0n) is 9.10. The Labute approximate surface area is 88.9 Å². The maximum absolute atomic E-state index is 10.6. The predicted molar refractivity (Wildman–Crippen MR) is 56.0 cm³/mol. The second-order valence-electron chi connectivity index (χ2n) is 4.28. The van der Waals surface area contributed by atoms with Gasteiger partial charge in [0, 0.05) is 19.0 Å². The molecule has 1 aromatic rings. The highest BCUT2D eigenvalue weighted by Gasteiger charge is 2.13. The van der Waals surface area contributed by atoms with Gasteiger partial charge < -0.3 is 10.8 Å². The van der Waals surface area contributed by atoms with E-state index in [1.807, 2.05) is 6.07 Å². The van der Waals surface area contributed by atoms with E-state index < -0.39 is 5.60 Å². The fourth-order valence-corrected chi connectivity index (χ4v) is 1.27. The first kappa shape index (κ1) is 11.7. The van der Waals surface area contributed by atoms with E-state index in [1.54, 1.807) is 24.7 Å². The van der Waals surface area contributed by atoms with Crippen molar-refractivity contribution in [3.8, 4) is 0 Å². The standard InChI is InChI=1S/C10H17N3O2/c1-10(2,15)7-13-6-5-8(12-13)3-4-9(11)14/h5-6,15H,3-4,7H2,1-2H3,(H2,11,14). The summed E-state index contributed by atoms with van der Waals surface area (Å²) in [6.45, 7) is 3.87. The first-order valence-electron chi connectivity index (χ1n) is 4.90. The number of carbonyl (C=O) groups excluding carboxylic acids is 1. The molecule has 0 radical (unpaired) electrons. The van der Waals surface area contributed by atoms with Crippen LogP contribution in [0.15, 0.2) is 12.3 Å². The van der Waals surface area contributed by atoms with Crippen molar-refractivity contribution >= 4 is 5.91 Å². The number of carbonyl (C=O) groups is 1. The fourth-order valence-electron chi connectivity index (χ4n) is 1.27. The number of aromatic nitrogens is 2. The Hall–Kier alpha value is -1.36. The molecule has 0 aliphatic carbocycles. The van der Waals surface area contributed by atoms with Gasteiger partial charge in [0.15, 0.2) is 0 Å². The molecule has 1 heterocycles. The first-order chi connectivity index (χ1) is 6.87. The molecule has 0 aromatic carbocycles. The van der Waals surface area contributed by atoms with Crippen molar-refractivity contribution in [3.63, 3.8) is 0 Å². The van der Waals surface area contributed by atoms with Gasteiger partial charge in [0.05, 0.1) is 17.8 Å². The predicted octanol–water partition coefficient (Wildman–Crippen LogP) is 0.0719. The second-order valence-corrected chi connectivity index (χ2v) is 4.28. The molecule has 0 saturated carbocycles. The molecule has 84 valence electrons. The molecular weight excluding hydrogens is 194 g/mol. The third kappa shape index (κ3) is 4.60. The zero-order valence-corrected chi connectivity index (χ0v) is 9.10. The molecule has 0 aliphatic rings. The molecule has 0 saturated heterocycles. The Morgan fingerprint density at radius 1 is 1.67 bits per heavy atom. The molecule has 1 aromatic heterocycles. The van der Waals surface area contributed by atoms with E-state index in [1.165, 1.54) is 0 Å². The number of hydrogen-bond donors (Lipinski definition) is 2. The van der Waals surface area contributed by atoms with Crippen LogP contribution in [0.25, 0.3) is 0 Å². The van der Waals surface area contributed by atoms with Crippen molar-refractivity contribution in [3.05, 3.63) is 18.0 Å². The Kier molecular flexibility index (Phi) is 3.47. The highest BCUT2D eigenvalue weighted by atomic mass is 16.3. The molecule has 5 nitrogen and oxygen atoms in total. The van der Waals surface area contributed by atoms with Crippen LogP contribution in [0.3, 0.4) is 0 Å². The summed E-state index contributed by atoms with van der Waals surface area (Å²) >= 11 is 0.